The van der Waals surface area contributed by atoms with Crippen LogP contribution in [0.25, 0.3) is 0 Å². The average molecular weight is 221 g/mol. The van der Waals surface area contributed by atoms with Crippen LogP contribution in [0.15, 0.2) is 4.99 Å². The van der Waals surface area contributed by atoms with Gasteiger partial charge >= 0.3 is 0 Å². The second kappa shape index (κ2) is 4.63. The smallest absolute Gasteiger partial charge is 0.188 e. The van der Waals surface area contributed by atoms with Gasteiger partial charge in [0, 0.05) is 13.6 Å². The van der Waals surface area contributed by atoms with Gasteiger partial charge in [-0.2, -0.15) is 0 Å². The topological polar surface area (TPSA) is 84.5 Å². The maximum Gasteiger partial charge on any atom is 0.188 e. The molecule has 5 nitrogen and oxygen atoms in total. The second-order valence-electron chi connectivity index (χ2n) is 3.97. The molecule has 0 heterocycles. The van der Waals surface area contributed by atoms with E-state index in [-0.39, 0.29) is 11.7 Å². The zero-order valence-corrected chi connectivity index (χ0v) is 9.98. The Hall–Kier alpha value is -0.780. The van der Waals surface area contributed by atoms with Crippen LogP contribution in [0, 0.1) is 0 Å². The molecule has 0 aliphatic rings. The van der Waals surface area contributed by atoms with Crippen LogP contribution in [-0.4, -0.2) is 38.5 Å². The third-order valence-electron chi connectivity index (χ3n) is 1.85. The van der Waals surface area contributed by atoms with E-state index in [1.807, 2.05) is 0 Å². The Morgan fingerprint density at radius 3 is 2.29 bits per heavy atom. The van der Waals surface area contributed by atoms with Gasteiger partial charge in [-0.3, -0.25) is 4.99 Å². The molecular formula is C8H19N3O2S. The molecule has 84 valence electrons. The highest BCUT2D eigenvalue weighted by atomic mass is 32.2. The molecule has 0 bridgehead atoms. The second-order valence-corrected chi connectivity index (χ2v) is 6.83. The van der Waals surface area contributed by atoms with Crippen LogP contribution in [0.2, 0.25) is 0 Å². The van der Waals surface area contributed by atoms with Gasteiger partial charge in [-0.15, -0.1) is 0 Å². The van der Waals surface area contributed by atoms with Crippen molar-refractivity contribution in [2.24, 2.45) is 10.7 Å². The Morgan fingerprint density at radius 2 is 1.93 bits per heavy atom. The Labute approximate surface area is 85.7 Å². The van der Waals surface area contributed by atoms with Crippen molar-refractivity contribution < 1.29 is 8.42 Å². The summed E-state index contributed by atoms with van der Waals surface area (Å²) >= 11 is 0. The van der Waals surface area contributed by atoms with Gasteiger partial charge < -0.3 is 11.1 Å². The summed E-state index contributed by atoms with van der Waals surface area (Å²) in [5.74, 6) is 0.321. The molecule has 3 N–H and O–H groups in total. The predicted octanol–water partition coefficient (Wildman–Crippen LogP) is -0.266. The fourth-order valence-electron chi connectivity index (χ4n) is 0.699. The molecule has 0 aliphatic heterocycles. The van der Waals surface area contributed by atoms with Crippen LogP contribution in [0.5, 0.6) is 0 Å². The number of aliphatic imine (C=N–C) groups is 1. The van der Waals surface area contributed by atoms with Crippen molar-refractivity contribution in [2.75, 3.05) is 19.3 Å². The number of nitrogens with zero attached hydrogens (tertiary/aromatic N) is 1. The van der Waals surface area contributed by atoms with Crippen LogP contribution in [0.4, 0.5) is 0 Å². The van der Waals surface area contributed by atoms with E-state index >= 15 is 0 Å². The largest absolute Gasteiger partial charge is 0.370 e. The monoisotopic (exact) mass is 221 g/mol. The SMILES string of the molecule is CN=C(N)NCCS(=O)(=O)C(C)(C)C. The van der Waals surface area contributed by atoms with Gasteiger partial charge in [0.1, 0.15) is 0 Å². The number of sulfone groups is 1. The molecule has 0 aromatic carbocycles. The summed E-state index contributed by atoms with van der Waals surface area (Å²) in [7, 11) is -1.53. The molecule has 0 aromatic heterocycles. The van der Waals surface area contributed by atoms with E-state index in [4.69, 9.17) is 5.73 Å². The first-order valence-electron chi connectivity index (χ1n) is 4.39. The van der Waals surface area contributed by atoms with Crippen molar-refractivity contribution in [3.8, 4) is 0 Å². The van der Waals surface area contributed by atoms with Gasteiger partial charge in [0.25, 0.3) is 0 Å². The highest BCUT2D eigenvalue weighted by Gasteiger charge is 2.28. The minimum Gasteiger partial charge on any atom is -0.370 e. The van der Waals surface area contributed by atoms with Crippen molar-refractivity contribution >= 4 is 15.8 Å². The van der Waals surface area contributed by atoms with E-state index in [0.717, 1.165) is 0 Å². The number of nitrogens with two attached hydrogens (primary N) is 1. The molecule has 0 fully saturated rings. The van der Waals surface area contributed by atoms with Crippen molar-refractivity contribution in [1.82, 2.24) is 5.32 Å². The molecule has 14 heavy (non-hydrogen) atoms. The number of guanidine groups is 1. The predicted molar refractivity (Wildman–Crippen MR) is 59.1 cm³/mol. The first kappa shape index (κ1) is 13.2. The molecule has 6 heteroatoms. The van der Waals surface area contributed by atoms with Crippen LogP contribution < -0.4 is 11.1 Å². The van der Waals surface area contributed by atoms with E-state index in [0.29, 0.717) is 6.54 Å². The zero-order chi connectivity index (χ0) is 11.4. The summed E-state index contributed by atoms with van der Waals surface area (Å²) in [6, 6.07) is 0. The van der Waals surface area contributed by atoms with Gasteiger partial charge in [-0.05, 0) is 20.8 Å². The maximum absolute atomic E-state index is 11.6. The maximum atomic E-state index is 11.6. The molecule has 0 aromatic rings. The zero-order valence-electron chi connectivity index (χ0n) is 9.16. The molecule has 0 aliphatic carbocycles. The lowest BCUT2D eigenvalue weighted by molar-refractivity contribution is 0.559. The quantitative estimate of drug-likeness (QED) is 0.507. The van der Waals surface area contributed by atoms with Gasteiger partial charge in [0.05, 0.1) is 10.5 Å². The average Bonchev–Trinajstić information content (AvgIpc) is 2.01. The molecule has 0 atom stereocenters. The third kappa shape index (κ3) is 3.95. The summed E-state index contributed by atoms with van der Waals surface area (Å²) in [4.78, 5) is 3.66. The first-order valence-corrected chi connectivity index (χ1v) is 6.04. The molecule has 0 amide bonds. The lowest BCUT2D eigenvalue weighted by Crippen LogP contribution is -2.39. The molecule has 0 saturated carbocycles. The highest BCUT2D eigenvalue weighted by molar-refractivity contribution is 7.92. The van der Waals surface area contributed by atoms with Crippen LogP contribution >= 0.6 is 0 Å². The minimum atomic E-state index is -3.07. The first-order chi connectivity index (χ1) is 6.20. The van der Waals surface area contributed by atoms with Crippen molar-refractivity contribution in [3.05, 3.63) is 0 Å². The fraction of sp³-hybridized carbons (Fsp3) is 0.875. The lowest BCUT2D eigenvalue weighted by Gasteiger charge is -2.19. The number of hydrogen-bond acceptors (Lipinski definition) is 3. The van der Waals surface area contributed by atoms with Crippen molar-refractivity contribution in [1.29, 1.82) is 0 Å². The van der Waals surface area contributed by atoms with Gasteiger partial charge in [0.2, 0.25) is 0 Å². The van der Waals surface area contributed by atoms with Gasteiger partial charge in [-0.1, -0.05) is 0 Å². The molecule has 0 rings (SSSR count). The Kier molecular flexibility index (Phi) is 4.38. The minimum absolute atomic E-state index is 0.0622. The summed E-state index contributed by atoms with van der Waals surface area (Å²) < 4.78 is 22.5. The van der Waals surface area contributed by atoms with E-state index in [2.05, 4.69) is 10.3 Å². The molecule has 0 unspecified atom stereocenters. The Balaban J connectivity index is 4.16. The summed E-state index contributed by atoms with van der Waals surface area (Å²) in [6.07, 6.45) is 0. The number of rotatable bonds is 3. The summed E-state index contributed by atoms with van der Waals surface area (Å²) in [5.41, 5.74) is 5.36. The molecule has 0 radical (unpaired) electrons. The van der Waals surface area contributed by atoms with Crippen LogP contribution in [0.1, 0.15) is 20.8 Å². The van der Waals surface area contributed by atoms with E-state index in [1.165, 1.54) is 0 Å². The van der Waals surface area contributed by atoms with Gasteiger partial charge in [-0.25, -0.2) is 8.42 Å². The number of hydrogen-bond donors (Lipinski definition) is 2. The third-order valence-corrected chi connectivity index (χ3v) is 4.46. The van der Waals surface area contributed by atoms with Crippen molar-refractivity contribution in [3.63, 3.8) is 0 Å². The van der Waals surface area contributed by atoms with E-state index < -0.39 is 14.6 Å². The highest BCUT2D eigenvalue weighted by Crippen LogP contribution is 2.14. The normalized spacial score (nSPS) is 14.1. The Morgan fingerprint density at radius 1 is 1.43 bits per heavy atom. The van der Waals surface area contributed by atoms with Crippen LogP contribution in [0.3, 0.4) is 0 Å². The van der Waals surface area contributed by atoms with E-state index in [9.17, 15) is 8.42 Å². The van der Waals surface area contributed by atoms with Gasteiger partial charge in [0.15, 0.2) is 15.8 Å². The van der Waals surface area contributed by atoms with E-state index in [1.54, 1.807) is 27.8 Å². The standard InChI is InChI=1S/C8H19N3O2S/c1-8(2,3)14(12,13)6-5-11-7(9)10-4/h5-6H2,1-4H3,(H3,9,10,11). The number of nitrogens with one attached hydrogen (secondary N) is 1. The molecule has 0 saturated heterocycles. The van der Waals surface area contributed by atoms with Crippen molar-refractivity contribution in [2.45, 2.75) is 25.5 Å². The summed E-state index contributed by atoms with van der Waals surface area (Å²) in [6.45, 7) is 5.33. The van der Waals surface area contributed by atoms with Crippen LogP contribution in [-0.2, 0) is 9.84 Å². The molecule has 0 spiro atoms. The lowest BCUT2D eigenvalue weighted by atomic mass is 10.3. The fourth-order valence-corrected chi connectivity index (χ4v) is 1.68. The summed E-state index contributed by atoms with van der Waals surface area (Å²) in [5, 5.41) is 2.71. The Bertz CT molecular complexity index is 301. The molecular weight excluding hydrogens is 202 g/mol.